The van der Waals surface area contributed by atoms with Gasteiger partial charge in [0, 0.05) is 46.2 Å². The van der Waals surface area contributed by atoms with Gasteiger partial charge in [-0.05, 0) is 48.6 Å². The summed E-state index contributed by atoms with van der Waals surface area (Å²) >= 11 is 5.63. The number of aliphatic hydroxyl groups is 1. The van der Waals surface area contributed by atoms with Crippen molar-refractivity contribution in [3.8, 4) is 0 Å². The fraction of sp³-hybridized carbons (Fsp3) is 0.630. The van der Waals surface area contributed by atoms with E-state index in [-0.39, 0.29) is 35.0 Å². The number of carbonyl (C=O) groups is 1. The number of fused-ring (bicyclic) bond motifs is 2. The molecule has 2 heterocycles. The zero-order valence-corrected chi connectivity index (χ0v) is 22.9. The van der Waals surface area contributed by atoms with Crippen molar-refractivity contribution in [3.05, 3.63) is 45.9 Å². The van der Waals surface area contributed by atoms with E-state index in [4.69, 9.17) is 4.98 Å². The van der Waals surface area contributed by atoms with Gasteiger partial charge in [0.25, 0.3) is 0 Å². The van der Waals surface area contributed by atoms with E-state index >= 15 is 0 Å². The number of aliphatic hydroxyl groups excluding tert-OH is 1. The highest BCUT2D eigenvalue weighted by Gasteiger charge is 2.54. The van der Waals surface area contributed by atoms with Crippen LogP contribution in [0.15, 0.2) is 35.2 Å². The number of thiazole rings is 1. The Morgan fingerprint density at radius 1 is 1.29 bits per heavy atom. The molecule has 1 aromatic carbocycles. The third-order valence-electron chi connectivity index (χ3n) is 8.43. The van der Waals surface area contributed by atoms with Crippen molar-refractivity contribution < 1.29 is 9.90 Å². The Balaban J connectivity index is 1.32. The van der Waals surface area contributed by atoms with Gasteiger partial charge in [-0.3, -0.25) is 4.79 Å². The second kappa shape index (κ2) is 10.2. The number of nitrogens with zero attached hydrogens (tertiary/aromatic N) is 2. The van der Waals surface area contributed by atoms with Gasteiger partial charge in [-0.15, -0.1) is 23.1 Å². The molecule has 5 rings (SSSR count). The summed E-state index contributed by atoms with van der Waals surface area (Å²) in [5, 5.41) is 12.9. The molecule has 0 bridgehead atoms. The van der Waals surface area contributed by atoms with Gasteiger partial charge in [0.1, 0.15) is 5.01 Å². The summed E-state index contributed by atoms with van der Waals surface area (Å²) in [4.78, 5) is 23.1. The van der Waals surface area contributed by atoms with Crippen molar-refractivity contribution >= 4 is 40.8 Å². The molecule has 1 saturated carbocycles. The predicted octanol–water partition coefficient (Wildman–Crippen LogP) is 5.70. The molecule has 34 heavy (non-hydrogen) atoms. The standard InChI is InChI=1S/C27H36N2O2S3/c1-17(26(31)29-11-13-32-14-12-29)20-9-10-27(3)15-21-24(18(2)23(27)25(20)30)28-22(34-21)16-33-19-7-5-4-6-8-19/h4-8,17-18,20,23,25,30H,9-16H2,1-3H3. The maximum atomic E-state index is 13.2. The van der Waals surface area contributed by atoms with Crippen LogP contribution in [0, 0.1) is 23.2 Å². The van der Waals surface area contributed by atoms with Crippen LogP contribution in [0.4, 0.5) is 0 Å². The fourth-order valence-electron chi connectivity index (χ4n) is 6.58. The second-order valence-electron chi connectivity index (χ2n) is 10.6. The normalized spacial score (nSPS) is 32.1. The average molecular weight is 517 g/mol. The van der Waals surface area contributed by atoms with Crippen LogP contribution in [0.2, 0.25) is 0 Å². The highest BCUT2D eigenvalue weighted by molar-refractivity contribution is 7.99. The molecule has 4 nitrogen and oxygen atoms in total. The van der Waals surface area contributed by atoms with Crippen LogP contribution in [0.25, 0.3) is 0 Å². The van der Waals surface area contributed by atoms with E-state index in [1.54, 1.807) is 0 Å². The molecular formula is C27H36N2O2S3. The van der Waals surface area contributed by atoms with Crippen LogP contribution in [0.5, 0.6) is 0 Å². The molecular weight excluding hydrogens is 481 g/mol. The lowest BCUT2D eigenvalue weighted by Gasteiger charge is -2.53. The third kappa shape index (κ3) is 4.70. The number of carbonyl (C=O) groups excluding carboxylic acids is 1. The highest BCUT2D eigenvalue weighted by atomic mass is 32.2. The topological polar surface area (TPSA) is 53.4 Å². The molecule has 2 fully saturated rings. The van der Waals surface area contributed by atoms with E-state index in [9.17, 15) is 9.90 Å². The van der Waals surface area contributed by atoms with Crippen molar-refractivity contribution in [1.82, 2.24) is 9.88 Å². The lowest BCUT2D eigenvalue weighted by molar-refractivity contribution is -0.144. The summed E-state index contributed by atoms with van der Waals surface area (Å²) in [6.07, 6.45) is 2.55. The monoisotopic (exact) mass is 516 g/mol. The lowest BCUT2D eigenvalue weighted by atomic mass is 9.53. The number of hydrogen-bond acceptors (Lipinski definition) is 6. The Bertz CT molecular complexity index is 1010. The van der Waals surface area contributed by atoms with Gasteiger partial charge in [-0.1, -0.05) is 39.0 Å². The maximum Gasteiger partial charge on any atom is 0.225 e. The molecule has 1 saturated heterocycles. The summed E-state index contributed by atoms with van der Waals surface area (Å²) in [6, 6.07) is 10.5. The average Bonchev–Trinajstić information content (AvgIpc) is 3.26. The third-order valence-corrected chi connectivity index (χ3v) is 11.6. The van der Waals surface area contributed by atoms with E-state index in [0.29, 0.717) is 0 Å². The number of amides is 1. The first kappa shape index (κ1) is 24.7. The van der Waals surface area contributed by atoms with Crippen molar-refractivity contribution in [2.45, 2.75) is 62.7 Å². The zero-order valence-electron chi connectivity index (χ0n) is 20.4. The number of thioether (sulfide) groups is 2. The number of benzene rings is 1. The van der Waals surface area contributed by atoms with E-state index in [0.717, 1.165) is 49.6 Å². The van der Waals surface area contributed by atoms with E-state index in [1.807, 2.05) is 39.8 Å². The van der Waals surface area contributed by atoms with Crippen LogP contribution in [0.3, 0.4) is 0 Å². The molecule has 2 aliphatic carbocycles. The molecule has 6 unspecified atom stereocenters. The molecule has 2 aromatic rings. The molecule has 1 aromatic heterocycles. The first-order valence-corrected chi connectivity index (χ1v) is 15.5. The van der Waals surface area contributed by atoms with Crippen LogP contribution in [0.1, 0.15) is 55.1 Å². The minimum atomic E-state index is -0.455. The summed E-state index contributed by atoms with van der Waals surface area (Å²) < 4.78 is 0. The van der Waals surface area contributed by atoms with Gasteiger partial charge < -0.3 is 10.0 Å². The largest absolute Gasteiger partial charge is 0.392 e. The Kier molecular flexibility index (Phi) is 7.37. The Hall–Kier alpha value is -1.02. The Morgan fingerprint density at radius 2 is 2.03 bits per heavy atom. The van der Waals surface area contributed by atoms with E-state index in [1.165, 1.54) is 20.5 Å². The molecule has 0 spiro atoms. The first-order chi connectivity index (χ1) is 16.4. The number of aromatic nitrogens is 1. The molecule has 1 amide bonds. The SMILES string of the molecule is CC(C(=O)N1CCSCC1)C1CCC2(C)Cc3sc(CSc4ccccc4)nc3C(C)C2C1O. The Morgan fingerprint density at radius 3 is 2.76 bits per heavy atom. The minimum Gasteiger partial charge on any atom is -0.392 e. The molecule has 184 valence electrons. The van der Waals surface area contributed by atoms with Gasteiger partial charge in [0.05, 0.1) is 17.6 Å². The molecule has 6 atom stereocenters. The summed E-state index contributed by atoms with van der Waals surface area (Å²) in [5.74, 6) is 3.48. The minimum absolute atomic E-state index is 0.0379. The Labute approximate surface area is 216 Å². The van der Waals surface area contributed by atoms with Crippen LogP contribution in [-0.4, -0.2) is 51.6 Å². The molecule has 7 heteroatoms. The predicted molar refractivity (Wildman–Crippen MR) is 144 cm³/mol. The quantitative estimate of drug-likeness (QED) is 0.517. The summed E-state index contributed by atoms with van der Waals surface area (Å²) in [6.45, 7) is 8.37. The van der Waals surface area contributed by atoms with Gasteiger partial charge in [-0.25, -0.2) is 4.98 Å². The first-order valence-electron chi connectivity index (χ1n) is 12.6. The van der Waals surface area contributed by atoms with Crippen LogP contribution < -0.4 is 0 Å². The zero-order chi connectivity index (χ0) is 23.9. The van der Waals surface area contributed by atoms with Crippen molar-refractivity contribution in [2.75, 3.05) is 24.6 Å². The highest BCUT2D eigenvalue weighted by Crippen LogP contribution is 2.57. The number of rotatable bonds is 5. The number of hydrogen-bond donors (Lipinski definition) is 1. The lowest BCUT2D eigenvalue weighted by Crippen LogP contribution is -2.54. The molecule has 1 N–H and O–H groups in total. The van der Waals surface area contributed by atoms with Gasteiger partial charge in [0.15, 0.2) is 0 Å². The van der Waals surface area contributed by atoms with E-state index in [2.05, 4.69) is 51.1 Å². The summed E-state index contributed by atoms with van der Waals surface area (Å²) in [7, 11) is 0. The van der Waals surface area contributed by atoms with Crippen molar-refractivity contribution in [2.24, 2.45) is 23.2 Å². The van der Waals surface area contributed by atoms with E-state index < -0.39 is 6.10 Å². The smallest absolute Gasteiger partial charge is 0.225 e. The molecule has 1 aliphatic heterocycles. The second-order valence-corrected chi connectivity index (χ2v) is 14.0. The molecule has 0 radical (unpaired) electrons. The van der Waals surface area contributed by atoms with Gasteiger partial charge in [0.2, 0.25) is 5.91 Å². The van der Waals surface area contributed by atoms with Crippen LogP contribution >= 0.6 is 34.9 Å². The van der Waals surface area contributed by atoms with Gasteiger partial charge >= 0.3 is 0 Å². The van der Waals surface area contributed by atoms with Gasteiger partial charge in [-0.2, -0.15) is 11.8 Å². The van der Waals surface area contributed by atoms with Crippen LogP contribution in [-0.2, 0) is 17.0 Å². The molecule has 3 aliphatic rings. The maximum absolute atomic E-state index is 13.2. The van der Waals surface area contributed by atoms with Crippen molar-refractivity contribution in [1.29, 1.82) is 0 Å². The summed E-state index contributed by atoms with van der Waals surface area (Å²) in [5.41, 5.74) is 1.27. The van der Waals surface area contributed by atoms with Crippen molar-refractivity contribution in [3.63, 3.8) is 0 Å². The fourth-order valence-corrected chi connectivity index (χ4v) is 9.76.